The fourth-order valence-electron chi connectivity index (χ4n) is 2.40. The van der Waals surface area contributed by atoms with Gasteiger partial charge in [0.1, 0.15) is 5.56 Å². The van der Waals surface area contributed by atoms with Crippen LogP contribution in [0.5, 0.6) is 5.75 Å². The van der Waals surface area contributed by atoms with E-state index in [1.807, 2.05) is 6.92 Å². The van der Waals surface area contributed by atoms with Gasteiger partial charge in [-0.3, -0.25) is 10.2 Å². The molecule has 122 valence electrons. The van der Waals surface area contributed by atoms with Gasteiger partial charge in [0.15, 0.2) is 11.3 Å². The molecule has 1 amide bonds. The standard InChI is InChI=1S/C18H15ClN2O3/c1-10-13(19)6-4-7-14(10)21-18(22)12-9-11-5-3-8-15(23-2)16(11)24-17(12)20/h3-9,20H,1-2H3,(H,21,22). The number of fused-ring (bicyclic) bond motifs is 1. The van der Waals surface area contributed by atoms with Gasteiger partial charge in [0.25, 0.3) is 5.91 Å². The maximum Gasteiger partial charge on any atom is 0.261 e. The van der Waals surface area contributed by atoms with Crippen LogP contribution in [0.25, 0.3) is 11.0 Å². The molecule has 3 aromatic rings. The minimum atomic E-state index is -0.432. The Balaban J connectivity index is 2.03. The highest BCUT2D eigenvalue weighted by Crippen LogP contribution is 2.26. The second kappa shape index (κ2) is 6.37. The van der Waals surface area contributed by atoms with Gasteiger partial charge in [0.05, 0.1) is 7.11 Å². The van der Waals surface area contributed by atoms with Gasteiger partial charge in [-0.05, 0) is 36.8 Å². The number of carbonyl (C=O) groups excluding carboxylic acids is 1. The van der Waals surface area contributed by atoms with E-state index < -0.39 is 5.91 Å². The molecule has 0 spiro atoms. The Hall–Kier alpha value is -2.79. The Labute approximate surface area is 143 Å². The molecule has 0 saturated heterocycles. The van der Waals surface area contributed by atoms with Crippen molar-refractivity contribution >= 4 is 34.2 Å². The van der Waals surface area contributed by atoms with Crippen molar-refractivity contribution in [2.75, 3.05) is 12.4 Å². The van der Waals surface area contributed by atoms with Crippen molar-refractivity contribution in [3.05, 3.63) is 64.2 Å². The van der Waals surface area contributed by atoms with Crippen molar-refractivity contribution in [3.63, 3.8) is 0 Å². The van der Waals surface area contributed by atoms with Crippen LogP contribution in [0.1, 0.15) is 15.9 Å². The highest BCUT2D eigenvalue weighted by molar-refractivity contribution is 6.31. The molecular weight excluding hydrogens is 328 g/mol. The van der Waals surface area contributed by atoms with Gasteiger partial charge in [0, 0.05) is 16.1 Å². The molecule has 0 aliphatic heterocycles. The van der Waals surface area contributed by atoms with Crippen molar-refractivity contribution in [1.29, 1.82) is 5.41 Å². The zero-order chi connectivity index (χ0) is 17.3. The Morgan fingerprint density at radius 2 is 2.00 bits per heavy atom. The van der Waals surface area contributed by atoms with E-state index in [1.165, 1.54) is 7.11 Å². The fraction of sp³-hybridized carbons (Fsp3) is 0.111. The van der Waals surface area contributed by atoms with E-state index in [0.29, 0.717) is 27.4 Å². The molecule has 0 bridgehead atoms. The van der Waals surface area contributed by atoms with Crippen molar-refractivity contribution in [2.24, 2.45) is 0 Å². The summed E-state index contributed by atoms with van der Waals surface area (Å²) in [6.45, 7) is 1.81. The molecule has 3 rings (SSSR count). The van der Waals surface area contributed by atoms with Gasteiger partial charge in [-0.25, -0.2) is 0 Å². The first-order valence-corrected chi connectivity index (χ1v) is 7.61. The summed E-state index contributed by atoms with van der Waals surface area (Å²) < 4.78 is 10.7. The largest absolute Gasteiger partial charge is 0.493 e. The molecule has 0 fully saturated rings. The Kier molecular flexibility index (Phi) is 4.27. The number of para-hydroxylation sites is 1. The van der Waals surface area contributed by atoms with Crippen LogP contribution in [0, 0.1) is 12.3 Å². The quantitative estimate of drug-likeness (QED) is 0.751. The van der Waals surface area contributed by atoms with E-state index in [1.54, 1.807) is 42.5 Å². The summed E-state index contributed by atoms with van der Waals surface area (Å²) in [6, 6.07) is 12.2. The molecule has 0 saturated carbocycles. The Morgan fingerprint density at radius 1 is 1.25 bits per heavy atom. The Morgan fingerprint density at radius 3 is 2.75 bits per heavy atom. The molecule has 24 heavy (non-hydrogen) atoms. The molecule has 0 aliphatic carbocycles. The van der Waals surface area contributed by atoms with Crippen LogP contribution in [-0.4, -0.2) is 13.0 Å². The molecule has 0 radical (unpaired) electrons. The van der Waals surface area contributed by atoms with E-state index in [4.69, 9.17) is 26.2 Å². The average molecular weight is 343 g/mol. The van der Waals surface area contributed by atoms with Crippen LogP contribution in [0.2, 0.25) is 5.02 Å². The third-order valence-electron chi connectivity index (χ3n) is 3.74. The molecule has 0 aliphatic rings. The average Bonchev–Trinajstić information content (AvgIpc) is 2.57. The third kappa shape index (κ3) is 2.86. The number of methoxy groups -OCH3 is 1. The molecular formula is C18H15ClN2O3. The molecule has 1 heterocycles. The number of hydrogen-bond donors (Lipinski definition) is 2. The van der Waals surface area contributed by atoms with Crippen LogP contribution in [-0.2, 0) is 0 Å². The second-order valence-corrected chi connectivity index (χ2v) is 5.64. The van der Waals surface area contributed by atoms with Crippen LogP contribution >= 0.6 is 11.6 Å². The molecule has 2 N–H and O–H groups in total. The number of anilines is 1. The normalized spacial score (nSPS) is 10.6. The molecule has 0 unspecified atom stereocenters. The highest BCUT2D eigenvalue weighted by atomic mass is 35.5. The molecule has 5 nitrogen and oxygen atoms in total. The van der Waals surface area contributed by atoms with Crippen molar-refractivity contribution in [3.8, 4) is 5.75 Å². The topological polar surface area (TPSA) is 75.3 Å². The number of benzene rings is 2. The van der Waals surface area contributed by atoms with Gasteiger partial charge in [-0.2, -0.15) is 0 Å². The van der Waals surface area contributed by atoms with Crippen LogP contribution in [0.3, 0.4) is 0 Å². The number of hydrogen-bond acceptors (Lipinski definition) is 4. The van der Waals surface area contributed by atoms with Gasteiger partial charge in [0.2, 0.25) is 5.55 Å². The van der Waals surface area contributed by atoms with E-state index in [2.05, 4.69) is 5.32 Å². The fourth-order valence-corrected chi connectivity index (χ4v) is 2.57. The summed E-state index contributed by atoms with van der Waals surface area (Å²) in [4.78, 5) is 12.5. The van der Waals surface area contributed by atoms with Crippen molar-refractivity contribution in [2.45, 2.75) is 6.92 Å². The van der Waals surface area contributed by atoms with Crippen LogP contribution < -0.4 is 15.6 Å². The van der Waals surface area contributed by atoms with E-state index in [-0.39, 0.29) is 11.1 Å². The number of carbonyl (C=O) groups is 1. The van der Waals surface area contributed by atoms with Crippen molar-refractivity contribution in [1.82, 2.24) is 0 Å². The third-order valence-corrected chi connectivity index (χ3v) is 4.15. The monoisotopic (exact) mass is 342 g/mol. The molecule has 6 heteroatoms. The smallest absolute Gasteiger partial charge is 0.261 e. The number of amides is 1. The number of rotatable bonds is 3. The SMILES string of the molecule is COc1cccc2cc(C(=O)Nc3cccc(Cl)c3C)c(=N)oc12. The summed E-state index contributed by atoms with van der Waals surface area (Å²) in [5, 5.41) is 12.0. The lowest BCUT2D eigenvalue weighted by molar-refractivity contribution is 0.102. The number of halogens is 1. The van der Waals surface area contributed by atoms with Gasteiger partial charge in [-0.1, -0.05) is 29.8 Å². The number of ether oxygens (including phenoxy) is 1. The molecule has 1 aromatic heterocycles. The van der Waals surface area contributed by atoms with Gasteiger partial charge >= 0.3 is 0 Å². The summed E-state index contributed by atoms with van der Waals surface area (Å²) in [6.07, 6.45) is 0. The van der Waals surface area contributed by atoms with E-state index in [0.717, 1.165) is 5.56 Å². The first-order chi connectivity index (χ1) is 11.5. The molecule has 0 atom stereocenters. The predicted octanol–water partition coefficient (Wildman–Crippen LogP) is 4.13. The van der Waals surface area contributed by atoms with Crippen LogP contribution in [0.15, 0.2) is 46.9 Å². The first kappa shape index (κ1) is 16.1. The zero-order valence-electron chi connectivity index (χ0n) is 13.1. The van der Waals surface area contributed by atoms with Gasteiger partial charge in [-0.15, -0.1) is 0 Å². The summed E-state index contributed by atoms with van der Waals surface area (Å²) in [7, 11) is 1.52. The highest BCUT2D eigenvalue weighted by Gasteiger charge is 2.15. The predicted molar refractivity (Wildman–Crippen MR) is 92.8 cm³/mol. The Bertz CT molecular complexity index is 995. The number of nitrogens with one attached hydrogen (secondary N) is 2. The van der Waals surface area contributed by atoms with E-state index >= 15 is 0 Å². The lowest BCUT2D eigenvalue weighted by Gasteiger charge is -2.10. The maximum absolute atomic E-state index is 12.5. The summed E-state index contributed by atoms with van der Waals surface area (Å²) >= 11 is 6.07. The lowest BCUT2D eigenvalue weighted by atomic mass is 10.1. The molecule has 2 aromatic carbocycles. The minimum Gasteiger partial charge on any atom is -0.493 e. The summed E-state index contributed by atoms with van der Waals surface area (Å²) in [5.74, 6) is 0.0810. The van der Waals surface area contributed by atoms with E-state index in [9.17, 15) is 4.79 Å². The lowest BCUT2D eigenvalue weighted by Crippen LogP contribution is -2.21. The maximum atomic E-state index is 12.5. The second-order valence-electron chi connectivity index (χ2n) is 5.23. The van der Waals surface area contributed by atoms with Gasteiger partial charge < -0.3 is 14.5 Å². The van der Waals surface area contributed by atoms with Crippen molar-refractivity contribution < 1.29 is 13.9 Å². The minimum absolute atomic E-state index is 0.134. The first-order valence-electron chi connectivity index (χ1n) is 7.23. The van der Waals surface area contributed by atoms with Crippen LogP contribution in [0.4, 0.5) is 5.69 Å². The summed E-state index contributed by atoms with van der Waals surface area (Å²) in [5.41, 5.74) is 1.69. The zero-order valence-corrected chi connectivity index (χ0v) is 13.9.